The van der Waals surface area contributed by atoms with Gasteiger partial charge in [-0.1, -0.05) is 38.5 Å². The van der Waals surface area contributed by atoms with Gasteiger partial charge in [-0.3, -0.25) is 9.59 Å². The second-order valence-corrected chi connectivity index (χ2v) is 6.44. The van der Waals surface area contributed by atoms with Gasteiger partial charge in [-0.15, -0.1) is 0 Å². The minimum absolute atomic E-state index is 0.0559. The summed E-state index contributed by atoms with van der Waals surface area (Å²) >= 11 is 0. The van der Waals surface area contributed by atoms with E-state index in [-0.39, 0.29) is 17.7 Å². The Labute approximate surface area is 137 Å². The minimum atomic E-state index is -0.455. The summed E-state index contributed by atoms with van der Waals surface area (Å²) in [7, 11) is 0. The van der Waals surface area contributed by atoms with Crippen molar-refractivity contribution >= 4 is 17.5 Å². The van der Waals surface area contributed by atoms with Gasteiger partial charge in [0, 0.05) is 18.8 Å². The number of nitrogens with one attached hydrogen (secondary N) is 1. The molecule has 1 fully saturated rings. The Bertz CT molecular complexity index is 596. The van der Waals surface area contributed by atoms with Crippen molar-refractivity contribution in [3.05, 3.63) is 29.8 Å². The molecular weight excluding hydrogens is 292 g/mol. The highest BCUT2D eigenvalue weighted by Gasteiger charge is 2.39. The summed E-state index contributed by atoms with van der Waals surface area (Å²) in [6.07, 6.45) is 2.08. The highest BCUT2D eigenvalue weighted by molar-refractivity contribution is 5.99. The second-order valence-electron chi connectivity index (χ2n) is 6.44. The third kappa shape index (κ3) is 3.11. The highest BCUT2D eigenvalue weighted by atomic mass is 16.5. The summed E-state index contributed by atoms with van der Waals surface area (Å²) in [5.74, 6) is -0.0648. The van der Waals surface area contributed by atoms with E-state index >= 15 is 0 Å². The van der Waals surface area contributed by atoms with Crippen molar-refractivity contribution in [2.24, 2.45) is 5.92 Å². The Morgan fingerprint density at radius 1 is 1.43 bits per heavy atom. The number of hydrogen-bond donors (Lipinski definition) is 1. The molecule has 2 aliphatic heterocycles. The Morgan fingerprint density at radius 3 is 2.91 bits per heavy atom. The lowest BCUT2D eigenvalue weighted by Gasteiger charge is -2.33. The van der Waals surface area contributed by atoms with E-state index < -0.39 is 12.1 Å². The molecule has 0 aliphatic carbocycles. The molecule has 3 rings (SSSR count). The molecule has 3 unspecified atom stereocenters. The van der Waals surface area contributed by atoms with Crippen LogP contribution in [0.15, 0.2) is 24.3 Å². The molecule has 1 N–H and O–H groups in total. The quantitative estimate of drug-likeness (QED) is 0.932. The van der Waals surface area contributed by atoms with Crippen molar-refractivity contribution < 1.29 is 14.3 Å². The molecule has 5 nitrogen and oxygen atoms in total. The van der Waals surface area contributed by atoms with Crippen LogP contribution < -0.4 is 5.32 Å². The van der Waals surface area contributed by atoms with E-state index in [1.54, 1.807) is 4.90 Å². The van der Waals surface area contributed by atoms with Crippen molar-refractivity contribution in [2.45, 2.75) is 51.8 Å². The van der Waals surface area contributed by atoms with E-state index in [1.807, 2.05) is 38.1 Å². The highest BCUT2D eigenvalue weighted by Crippen LogP contribution is 2.29. The molecule has 124 valence electrons. The minimum Gasteiger partial charge on any atom is -0.368 e. The standard InChI is InChI=1S/C18H24N2O3/c1-3-12(2)16-17(21)19-14-8-5-4-7-13(14)11-20(16)18(22)15-9-6-10-23-15/h4-5,7-8,12,15-16H,3,6,9-11H2,1-2H3,(H,19,21). The molecule has 2 aliphatic rings. The first-order valence-corrected chi connectivity index (χ1v) is 8.42. The van der Waals surface area contributed by atoms with Gasteiger partial charge in [-0.2, -0.15) is 0 Å². The zero-order valence-electron chi connectivity index (χ0n) is 13.7. The van der Waals surface area contributed by atoms with E-state index in [0.29, 0.717) is 13.2 Å². The monoisotopic (exact) mass is 316 g/mol. The normalized spacial score (nSPS) is 25.5. The largest absolute Gasteiger partial charge is 0.368 e. The van der Waals surface area contributed by atoms with Crippen LogP contribution in [0.4, 0.5) is 5.69 Å². The molecule has 0 bridgehead atoms. The molecule has 1 saturated heterocycles. The average Bonchev–Trinajstić information content (AvgIpc) is 3.04. The maximum absolute atomic E-state index is 13.0. The number of benzene rings is 1. The van der Waals surface area contributed by atoms with Crippen LogP contribution in [0.1, 0.15) is 38.7 Å². The molecule has 1 aromatic carbocycles. The predicted octanol–water partition coefficient (Wildman–Crippen LogP) is 2.56. The molecule has 23 heavy (non-hydrogen) atoms. The molecule has 0 spiro atoms. The van der Waals surface area contributed by atoms with E-state index in [9.17, 15) is 9.59 Å². The molecule has 1 aromatic rings. The van der Waals surface area contributed by atoms with Gasteiger partial charge in [-0.05, 0) is 30.4 Å². The van der Waals surface area contributed by atoms with Gasteiger partial charge in [-0.25, -0.2) is 0 Å². The number of hydrogen-bond acceptors (Lipinski definition) is 3. The number of anilines is 1. The Morgan fingerprint density at radius 2 is 2.22 bits per heavy atom. The lowest BCUT2D eigenvalue weighted by Crippen LogP contribution is -2.51. The summed E-state index contributed by atoms with van der Waals surface area (Å²) in [5.41, 5.74) is 1.77. The lowest BCUT2D eigenvalue weighted by molar-refractivity contribution is -0.148. The van der Waals surface area contributed by atoms with Gasteiger partial charge >= 0.3 is 0 Å². The number of nitrogens with zero attached hydrogens (tertiary/aromatic N) is 1. The predicted molar refractivity (Wildman–Crippen MR) is 87.8 cm³/mol. The van der Waals surface area contributed by atoms with E-state index in [4.69, 9.17) is 4.74 Å². The number of amides is 2. The maximum atomic E-state index is 13.0. The van der Waals surface area contributed by atoms with Crippen molar-refractivity contribution in [1.29, 1.82) is 0 Å². The van der Waals surface area contributed by atoms with Crippen LogP contribution in [0.3, 0.4) is 0 Å². The molecule has 5 heteroatoms. The topological polar surface area (TPSA) is 58.6 Å². The summed E-state index contributed by atoms with van der Waals surface area (Å²) in [4.78, 5) is 27.4. The Kier molecular flexibility index (Phi) is 4.66. The van der Waals surface area contributed by atoms with Crippen LogP contribution in [-0.2, 0) is 20.9 Å². The summed E-state index contributed by atoms with van der Waals surface area (Å²) in [6.45, 7) is 5.14. The van der Waals surface area contributed by atoms with Crippen LogP contribution in [0.25, 0.3) is 0 Å². The molecular formula is C18H24N2O3. The van der Waals surface area contributed by atoms with Crippen molar-refractivity contribution in [1.82, 2.24) is 4.90 Å². The van der Waals surface area contributed by atoms with Gasteiger partial charge in [0.1, 0.15) is 12.1 Å². The number of rotatable bonds is 3. The van der Waals surface area contributed by atoms with E-state index in [1.165, 1.54) is 0 Å². The first-order valence-electron chi connectivity index (χ1n) is 8.42. The number of carbonyl (C=O) groups is 2. The van der Waals surface area contributed by atoms with Crippen LogP contribution in [0, 0.1) is 5.92 Å². The number of para-hydroxylation sites is 1. The first kappa shape index (κ1) is 16.0. The number of fused-ring (bicyclic) bond motifs is 1. The number of carbonyl (C=O) groups excluding carboxylic acids is 2. The summed E-state index contributed by atoms with van der Waals surface area (Å²) in [5, 5.41) is 2.99. The van der Waals surface area contributed by atoms with Crippen molar-refractivity contribution in [2.75, 3.05) is 11.9 Å². The molecule has 0 aromatic heterocycles. The first-order chi connectivity index (χ1) is 11.1. The Hall–Kier alpha value is -1.88. The van der Waals surface area contributed by atoms with Crippen LogP contribution >= 0.6 is 0 Å². The molecule has 0 saturated carbocycles. The van der Waals surface area contributed by atoms with Gasteiger partial charge in [0.2, 0.25) is 5.91 Å². The number of ether oxygens (including phenoxy) is 1. The fourth-order valence-electron chi connectivity index (χ4n) is 3.37. The third-order valence-electron chi connectivity index (χ3n) is 4.89. The van der Waals surface area contributed by atoms with Gasteiger partial charge in [0.05, 0.1) is 0 Å². The van der Waals surface area contributed by atoms with Crippen LogP contribution in [-0.4, -0.2) is 35.5 Å². The molecule has 0 radical (unpaired) electrons. The fraction of sp³-hybridized carbons (Fsp3) is 0.556. The second kappa shape index (κ2) is 6.71. The smallest absolute Gasteiger partial charge is 0.252 e. The van der Waals surface area contributed by atoms with Crippen LogP contribution in [0.5, 0.6) is 0 Å². The van der Waals surface area contributed by atoms with Gasteiger partial charge < -0.3 is 15.0 Å². The third-order valence-corrected chi connectivity index (χ3v) is 4.89. The van der Waals surface area contributed by atoms with Gasteiger partial charge in [0.15, 0.2) is 0 Å². The fourth-order valence-corrected chi connectivity index (χ4v) is 3.37. The van der Waals surface area contributed by atoms with E-state index in [0.717, 1.165) is 30.5 Å². The molecule has 3 atom stereocenters. The van der Waals surface area contributed by atoms with Gasteiger partial charge in [0.25, 0.3) is 5.91 Å². The van der Waals surface area contributed by atoms with Crippen LogP contribution in [0.2, 0.25) is 0 Å². The zero-order chi connectivity index (χ0) is 16.4. The molecule has 2 amide bonds. The van der Waals surface area contributed by atoms with E-state index in [2.05, 4.69) is 5.32 Å². The SMILES string of the molecule is CCC(C)C1C(=O)Nc2ccccc2CN1C(=O)C1CCCO1. The Balaban J connectivity index is 1.96. The molecule has 2 heterocycles. The zero-order valence-corrected chi connectivity index (χ0v) is 13.7. The average molecular weight is 316 g/mol. The maximum Gasteiger partial charge on any atom is 0.252 e. The van der Waals surface area contributed by atoms with Crippen molar-refractivity contribution in [3.8, 4) is 0 Å². The summed E-state index contributed by atoms with van der Waals surface area (Å²) in [6, 6.07) is 7.23. The van der Waals surface area contributed by atoms with Crippen molar-refractivity contribution in [3.63, 3.8) is 0 Å². The lowest BCUT2D eigenvalue weighted by atomic mass is 9.96. The summed E-state index contributed by atoms with van der Waals surface area (Å²) < 4.78 is 5.57.